The Balaban J connectivity index is 2.47. The molecule has 1 heterocycles. The lowest BCUT2D eigenvalue weighted by Crippen LogP contribution is -2.06. The molecule has 5 heteroatoms. The molecule has 0 saturated heterocycles. The summed E-state index contributed by atoms with van der Waals surface area (Å²) in [5.74, 6) is -0.481. The van der Waals surface area contributed by atoms with Crippen LogP contribution in [0, 0.1) is 12.7 Å². The Morgan fingerprint density at radius 2 is 2.12 bits per heavy atom. The van der Waals surface area contributed by atoms with Crippen molar-refractivity contribution in [3.05, 3.63) is 46.9 Å². The molecule has 0 aliphatic carbocycles. The number of halogens is 1. The van der Waals surface area contributed by atoms with Crippen LogP contribution in [-0.2, 0) is 7.05 Å². The zero-order chi connectivity index (χ0) is 12.6. The molecule has 0 saturated carbocycles. The van der Waals surface area contributed by atoms with Crippen LogP contribution in [0.2, 0.25) is 0 Å². The van der Waals surface area contributed by atoms with E-state index in [1.54, 1.807) is 20.0 Å². The maximum atomic E-state index is 13.2. The van der Waals surface area contributed by atoms with Crippen molar-refractivity contribution < 1.29 is 9.18 Å². The molecule has 2 aromatic rings. The van der Waals surface area contributed by atoms with Gasteiger partial charge in [0.05, 0.1) is 11.8 Å². The van der Waals surface area contributed by atoms with Gasteiger partial charge in [0, 0.05) is 12.6 Å². The number of aromatic nitrogens is 2. The van der Waals surface area contributed by atoms with Gasteiger partial charge in [-0.1, -0.05) is 0 Å². The molecule has 1 aromatic heterocycles. The van der Waals surface area contributed by atoms with Crippen LogP contribution in [0.4, 0.5) is 10.2 Å². The fourth-order valence-corrected chi connectivity index (χ4v) is 1.64. The van der Waals surface area contributed by atoms with Crippen molar-refractivity contribution in [2.45, 2.75) is 6.92 Å². The Morgan fingerprint density at radius 3 is 2.65 bits per heavy atom. The Morgan fingerprint density at radius 1 is 1.41 bits per heavy atom. The quantitative estimate of drug-likeness (QED) is 0.803. The molecule has 2 rings (SSSR count). The fourth-order valence-electron chi connectivity index (χ4n) is 1.64. The summed E-state index contributed by atoms with van der Waals surface area (Å²) in [6.45, 7) is 1.73. The lowest BCUT2D eigenvalue weighted by atomic mass is 10.0. The monoisotopic (exact) mass is 233 g/mol. The van der Waals surface area contributed by atoms with Gasteiger partial charge in [0.15, 0.2) is 5.78 Å². The third kappa shape index (κ3) is 2.04. The van der Waals surface area contributed by atoms with Crippen molar-refractivity contribution in [2.75, 3.05) is 5.73 Å². The number of rotatable bonds is 2. The Kier molecular flexibility index (Phi) is 2.67. The van der Waals surface area contributed by atoms with Gasteiger partial charge < -0.3 is 5.73 Å². The number of carbonyl (C=O) groups excluding carboxylic acids is 1. The number of nitrogens with two attached hydrogens (primary N) is 1. The lowest BCUT2D eigenvalue weighted by molar-refractivity contribution is 0.103. The highest BCUT2D eigenvalue weighted by Crippen LogP contribution is 2.17. The predicted octanol–water partition coefficient (Wildman–Crippen LogP) is 1.68. The van der Waals surface area contributed by atoms with Crippen molar-refractivity contribution in [1.29, 1.82) is 0 Å². The van der Waals surface area contributed by atoms with E-state index >= 15 is 0 Å². The summed E-state index contributed by atoms with van der Waals surface area (Å²) >= 11 is 0. The van der Waals surface area contributed by atoms with Gasteiger partial charge in [-0.25, -0.2) is 4.39 Å². The summed E-state index contributed by atoms with van der Waals surface area (Å²) in [6, 6.07) is 4.18. The molecule has 2 N–H and O–H groups in total. The van der Waals surface area contributed by atoms with E-state index in [1.165, 1.54) is 23.0 Å². The highest BCUT2D eigenvalue weighted by molar-refractivity contribution is 6.11. The zero-order valence-corrected chi connectivity index (χ0v) is 9.57. The average Bonchev–Trinajstić information content (AvgIpc) is 2.57. The second kappa shape index (κ2) is 4.01. The number of hydrogen-bond donors (Lipinski definition) is 1. The summed E-state index contributed by atoms with van der Waals surface area (Å²) in [5.41, 5.74) is 6.96. The fraction of sp³-hybridized carbons (Fsp3) is 0.167. The third-order valence-corrected chi connectivity index (χ3v) is 2.53. The van der Waals surface area contributed by atoms with Crippen molar-refractivity contribution in [3.8, 4) is 0 Å². The van der Waals surface area contributed by atoms with Gasteiger partial charge >= 0.3 is 0 Å². The molecule has 88 valence electrons. The molecular formula is C12H12FN3O. The third-order valence-electron chi connectivity index (χ3n) is 2.53. The number of hydrogen-bond acceptors (Lipinski definition) is 3. The Labute approximate surface area is 97.9 Å². The van der Waals surface area contributed by atoms with E-state index < -0.39 is 5.82 Å². The van der Waals surface area contributed by atoms with Crippen molar-refractivity contribution >= 4 is 11.6 Å². The first-order valence-electron chi connectivity index (χ1n) is 5.08. The molecular weight excluding hydrogens is 221 g/mol. The smallest absolute Gasteiger partial charge is 0.198 e. The molecule has 0 atom stereocenters. The summed E-state index contributed by atoms with van der Waals surface area (Å²) in [5, 5.41) is 3.88. The average molecular weight is 233 g/mol. The summed E-state index contributed by atoms with van der Waals surface area (Å²) < 4.78 is 14.6. The summed E-state index contributed by atoms with van der Waals surface area (Å²) in [6.07, 6.45) is 1.39. The highest BCUT2D eigenvalue weighted by Gasteiger charge is 2.16. The van der Waals surface area contributed by atoms with Crippen molar-refractivity contribution in [1.82, 2.24) is 9.78 Å². The first-order valence-corrected chi connectivity index (χ1v) is 5.08. The predicted molar refractivity (Wildman–Crippen MR) is 62.2 cm³/mol. The minimum atomic E-state index is -0.434. The van der Waals surface area contributed by atoms with Gasteiger partial charge in [-0.15, -0.1) is 0 Å². The van der Waals surface area contributed by atoms with Crippen LogP contribution in [0.3, 0.4) is 0 Å². The second-order valence-electron chi connectivity index (χ2n) is 3.91. The zero-order valence-electron chi connectivity index (χ0n) is 9.57. The molecule has 17 heavy (non-hydrogen) atoms. The number of aryl methyl sites for hydroxylation is 2. The summed E-state index contributed by atoms with van der Waals surface area (Å²) in [7, 11) is 1.64. The normalized spacial score (nSPS) is 10.5. The largest absolute Gasteiger partial charge is 0.383 e. The number of anilines is 1. The molecule has 1 aromatic carbocycles. The van der Waals surface area contributed by atoms with Gasteiger partial charge in [0.2, 0.25) is 0 Å². The van der Waals surface area contributed by atoms with E-state index in [-0.39, 0.29) is 22.7 Å². The van der Waals surface area contributed by atoms with E-state index in [0.29, 0.717) is 5.56 Å². The van der Waals surface area contributed by atoms with Gasteiger partial charge in [-0.3, -0.25) is 9.48 Å². The summed E-state index contributed by atoms with van der Waals surface area (Å²) in [4.78, 5) is 12.1. The van der Waals surface area contributed by atoms with Crippen LogP contribution in [0.5, 0.6) is 0 Å². The minimum Gasteiger partial charge on any atom is -0.383 e. The van der Waals surface area contributed by atoms with Gasteiger partial charge in [0.1, 0.15) is 11.6 Å². The van der Waals surface area contributed by atoms with Gasteiger partial charge in [-0.05, 0) is 30.7 Å². The maximum Gasteiger partial charge on any atom is 0.198 e. The number of carbonyl (C=O) groups is 1. The maximum absolute atomic E-state index is 13.2. The van der Waals surface area contributed by atoms with E-state index in [9.17, 15) is 9.18 Å². The highest BCUT2D eigenvalue weighted by atomic mass is 19.1. The molecule has 0 spiro atoms. The molecule has 0 bridgehead atoms. The molecule has 0 aliphatic heterocycles. The molecule has 0 unspecified atom stereocenters. The minimum absolute atomic E-state index is 0.275. The molecule has 0 amide bonds. The Bertz CT molecular complexity index is 569. The van der Waals surface area contributed by atoms with Crippen LogP contribution < -0.4 is 5.73 Å². The Hall–Kier alpha value is -2.17. The topological polar surface area (TPSA) is 60.9 Å². The number of ketones is 1. The number of nitrogens with zero attached hydrogens (tertiary/aromatic N) is 2. The first kappa shape index (κ1) is 11.3. The van der Waals surface area contributed by atoms with Crippen molar-refractivity contribution in [3.63, 3.8) is 0 Å². The van der Waals surface area contributed by atoms with Crippen molar-refractivity contribution in [2.24, 2.45) is 7.05 Å². The van der Waals surface area contributed by atoms with E-state index in [1.807, 2.05) is 0 Å². The van der Waals surface area contributed by atoms with Crippen LogP contribution >= 0.6 is 0 Å². The first-order chi connectivity index (χ1) is 7.99. The number of benzene rings is 1. The van der Waals surface area contributed by atoms with Gasteiger partial charge in [0.25, 0.3) is 0 Å². The molecule has 4 nitrogen and oxygen atoms in total. The van der Waals surface area contributed by atoms with E-state index in [2.05, 4.69) is 5.10 Å². The second-order valence-corrected chi connectivity index (χ2v) is 3.91. The lowest BCUT2D eigenvalue weighted by Gasteiger charge is -2.02. The van der Waals surface area contributed by atoms with Crippen LogP contribution in [0.1, 0.15) is 21.5 Å². The van der Waals surface area contributed by atoms with Crippen LogP contribution in [0.15, 0.2) is 24.4 Å². The SMILES string of the molecule is Cc1cc(F)cc(C(=O)c2cnn(C)c2N)c1. The van der Waals surface area contributed by atoms with Crippen LogP contribution in [-0.4, -0.2) is 15.6 Å². The molecule has 0 radical (unpaired) electrons. The molecule has 0 aliphatic rings. The molecule has 0 fully saturated rings. The number of nitrogen functional groups attached to an aromatic ring is 1. The van der Waals surface area contributed by atoms with E-state index in [0.717, 1.165) is 0 Å². The van der Waals surface area contributed by atoms with Gasteiger partial charge in [-0.2, -0.15) is 5.10 Å². The standard InChI is InChI=1S/C12H12FN3O/c1-7-3-8(5-9(13)4-7)11(17)10-6-15-16(2)12(10)14/h3-6H,14H2,1-2H3. The van der Waals surface area contributed by atoms with Crippen LogP contribution in [0.25, 0.3) is 0 Å². The van der Waals surface area contributed by atoms with E-state index in [4.69, 9.17) is 5.73 Å².